The molecule has 2 saturated heterocycles. The minimum absolute atomic E-state index is 0.0293. The maximum Gasteiger partial charge on any atom is 0.229 e. The Balaban J connectivity index is 0.000000116. The molecule has 15 aromatic rings. The van der Waals surface area contributed by atoms with Crippen molar-refractivity contribution in [2.75, 3.05) is 81.4 Å². The fourth-order valence-electron chi connectivity index (χ4n) is 17.4. The molecule has 0 radical (unpaired) electrons. The van der Waals surface area contributed by atoms with Crippen LogP contribution in [0.2, 0.25) is 0 Å². The van der Waals surface area contributed by atoms with Gasteiger partial charge in [-0.2, -0.15) is 0 Å². The molecule has 133 heavy (non-hydrogen) atoms. The molecule has 31 nitrogen and oxygen atoms in total. The third-order valence-electron chi connectivity index (χ3n) is 25.0. The van der Waals surface area contributed by atoms with Crippen LogP contribution < -0.4 is 65.9 Å². The molecule has 21 rings (SSSR count). The van der Waals surface area contributed by atoms with Gasteiger partial charge < -0.3 is 75.6 Å². The van der Waals surface area contributed by atoms with Gasteiger partial charge in [0.1, 0.15) is 63.9 Å². The third-order valence-corrected chi connectivity index (χ3v) is 25.0. The lowest BCUT2D eigenvalue weighted by Gasteiger charge is -2.11. The standard InChI is InChI=1S/2C21H19N5O2.2C21H19N5O.C17H15FN4O/c2*1-10-4-2-3-5-12(10)15-6-11-7-16(23-8-13(11)19(22)25-15)26-21(28)18-14-9-24-20(27)17(14)18;2*1-12-5-3-4-6-15(12)18-8-13-9-19(24-11-17(13)20(22)25-18)26-21(27)16-7-14(16)10-23-2;1-9-5-3-4-6-11(9)16-15(18)12-7-14(21-10(2)23)20-8-13(12)17(19)22-16/h2*2-8,14,17-18H,9H2,1H3,(H2,22,25)(H,24,27)(H,23,26,28);2*3-6,8-9,11,14,16H,7,10H2,1H3,(H2,22,25)(H,24,26,27);3-8H,1-2H3,(H2,19,22)(H,20,21,23)/t14-,17?,18+;14-,17+,18+;14-,16?;14-,16+;/m0101./s1. The van der Waals surface area contributed by atoms with E-state index in [-0.39, 0.29) is 123 Å². The van der Waals surface area contributed by atoms with Gasteiger partial charge in [0.05, 0.1) is 46.4 Å². The summed E-state index contributed by atoms with van der Waals surface area (Å²) >= 11 is 0. The number of carbonyl (C=O) groups is 7. The van der Waals surface area contributed by atoms with Crippen LogP contribution in [0.5, 0.6) is 0 Å². The number of carbonyl (C=O) groups excluding carboxylic acids is 7. The summed E-state index contributed by atoms with van der Waals surface area (Å²) in [4.78, 5) is 134. The Kier molecular flexibility index (Phi) is 24.6. The average Bonchev–Trinajstić information content (AvgIpc) is 1.57. The lowest BCUT2D eigenvalue weighted by Crippen LogP contribution is -2.27. The highest BCUT2D eigenvalue weighted by atomic mass is 19.1. The topological polar surface area (TPSA) is 471 Å². The molecule has 12 heterocycles. The maximum absolute atomic E-state index is 15.0. The lowest BCUT2D eigenvalue weighted by molar-refractivity contribution is -0.124. The van der Waals surface area contributed by atoms with Crippen LogP contribution in [-0.2, 0) is 33.6 Å². The van der Waals surface area contributed by atoms with E-state index in [1.54, 1.807) is 43.0 Å². The number of amides is 7. The van der Waals surface area contributed by atoms with Crippen molar-refractivity contribution in [3.8, 4) is 56.3 Å². The van der Waals surface area contributed by atoms with Gasteiger partial charge in [0, 0.05) is 147 Å². The van der Waals surface area contributed by atoms with E-state index in [1.807, 2.05) is 186 Å². The predicted molar refractivity (Wildman–Crippen MR) is 512 cm³/mol. The van der Waals surface area contributed by atoms with E-state index in [1.165, 1.54) is 19.2 Å². The Morgan fingerprint density at radius 1 is 0.383 bits per heavy atom. The van der Waals surface area contributed by atoms with Gasteiger partial charge in [-0.25, -0.2) is 67.4 Å². The fraction of sp³-hybridized carbons (Fsp3) is 0.218. The van der Waals surface area contributed by atoms with Crippen molar-refractivity contribution >= 4 is 153 Å². The molecule has 4 aliphatic carbocycles. The molecule has 32 heteroatoms. The zero-order valence-corrected chi connectivity index (χ0v) is 73.1. The smallest absolute Gasteiger partial charge is 0.229 e. The number of halogens is 1. The minimum Gasteiger partial charge on any atom is -0.383 e. The van der Waals surface area contributed by atoms with Gasteiger partial charge in [0.15, 0.2) is 5.82 Å². The monoisotopic (exact) mass is 1770 g/mol. The van der Waals surface area contributed by atoms with E-state index in [9.17, 15) is 38.0 Å². The number of nitrogen functional groups attached to an aromatic ring is 5. The van der Waals surface area contributed by atoms with E-state index < -0.39 is 5.82 Å². The molecule has 10 aromatic heterocycles. The van der Waals surface area contributed by atoms with Crippen molar-refractivity contribution < 1.29 is 38.0 Å². The summed E-state index contributed by atoms with van der Waals surface area (Å²) < 4.78 is 15.0. The van der Waals surface area contributed by atoms with E-state index >= 15 is 0 Å². The van der Waals surface area contributed by atoms with Crippen LogP contribution in [0.4, 0.5) is 62.6 Å². The highest BCUT2D eigenvalue weighted by molar-refractivity contribution is 6.06. The van der Waals surface area contributed by atoms with Crippen molar-refractivity contribution in [2.45, 2.75) is 54.4 Å². The quantitative estimate of drug-likeness (QED) is 0.0400. The largest absolute Gasteiger partial charge is 0.383 e. The van der Waals surface area contributed by atoms with Crippen LogP contribution in [0.3, 0.4) is 0 Å². The van der Waals surface area contributed by atoms with Crippen molar-refractivity contribution in [1.82, 2.24) is 60.5 Å². The first-order valence-corrected chi connectivity index (χ1v) is 43.2. The van der Waals surface area contributed by atoms with Crippen LogP contribution in [0.25, 0.3) is 120 Å². The van der Waals surface area contributed by atoms with Gasteiger partial charge in [0.2, 0.25) is 54.4 Å². The van der Waals surface area contributed by atoms with E-state index in [0.717, 1.165) is 129 Å². The van der Waals surface area contributed by atoms with Gasteiger partial charge in [-0.05, 0) is 151 Å². The van der Waals surface area contributed by atoms with Gasteiger partial charge >= 0.3 is 0 Å². The molecule has 5 aromatic carbocycles. The molecule has 7 amide bonds. The molecule has 2 unspecified atom stereocenters. The summed E-state index contributed by atoms with van der Waals surface area (Å²) in [6.07, 6.45) is 9.47. The zero-order chi connectivity index (χ0) is 93.3. The van der Waals surface area contributed by atoms with Crippen molar-refractivity contribution in [3.63, 3.8) is 0 Å². The SMILES string of the molecule is CC(=O)Nc1cc2c(F)c(-c3ccccc3C)nc(N)c2cn1.Cc1ccccc1-c1cc2cc(NC(=O)[C@H]3C4C(=O)NC[C@@H]43)ncc2c(N)n1.Cc1ccccc1-c1cc2cc(NC(=O)[C@H]3[C@@H]4CNC(=O)[C@@H]43)ncc2c(N)n1.[C-]#[N+]C[C@@H]1CC1C(=O)Nc1cc2cc(-c3ccccc3C)nc(N)c2cn1.[C-]#[N+]C[C@H]1C[C@@H]1C(=O)Nc1cc2cc(-c3ccccc3C)nc(N)c2cn1. The van der Waals surface area contributed by atoms with Crippen LogP contribution in [0.15, 0.2) is 207 Å². The second-order valence-electron chi connectivity index (χ2n) is 34.0. The Morgan fingerprint density at radius 3 is 0.962 bits per heavy atom. The van der Waals surface area contributed by atoms with E-state index in [4.69, 9.17) is 41.8 Å². The molecular formula is C101H91FN24O7. The van der Waals surface area contributed by atoms with Crippen molar-refractivity contribution in [3.05, 3.63) is 263 Å². The van der Waals surface area contributed by atoms with Crippen LogP contribution in [-0.4, -0.2) is 117 Å². The number of pyridine rings is 10. The first-order chi connectivity index (χ1) is 64.1. The molecule has 6 fully saturated rings. The second kappa shape index (κ2) is 37.1. The highest BCUT2D eigenvalue weighted by Crippen LogP contribution is 2.52. The molecule has 4 saturated carbocycles. The second-order valence-corrected chi connectivity index (χ2v) is 34.0. The Morgan fingerprint density at radius 2 is 0.669 bits per heavy atom. The number of nitrogens with two attached hydrogens (primary N) is 5. The number of aryl methyl sites for hydroxylation is 5. The van der Waals surface area contributed by atoms with Gasteiger partial charge in [-0.15, -0.1) is 0 Å². The molecule has 6 aliphatic rings. The summed E-state index contributed by atoms with van der Waals surface area (Å²) in [7, 11) is 0. The summed E-state index contributed by atoms with van der Waals surface area (Å²) in [5.41, 5.74) is 43.9. The maximum atomic E-state index is 15.0. The Hall–Kier alpha value is -16.9. The molecular weight excluding hydrogens is 1680 g/mol. The Bertz CT molecular complexity index is 7030. The summed E-state index contributed by atoms with van der Waals surface area (Å²) in [6.45, 7) is 27.1. The molecule has 10 atom stereocenters. The van der Waals surface area contributed by atoms with Gasteiger partial charge in [0.25, 0.3) is 0 Å². The molecule has 664 valence electrons. The van der Waals surface area contributed by atoms with Crippen LogP contribution in [0.1, 0.15) is 47.6 Å². The van der Waals surface area contributed by atoms with Crippen LogP contribution >= 0.6 is 0 Å². The minimum atomic E-state index is -0.488. The fourth-order valence-corrected chi connectivity index (χ4v) is 17.4. The number of hydrogen-bond acceptors (Lipinski definition) is 22. The molecule has 0 bridgehead atoms. The number of hydrogen-bond donors (Lipinski definition) is 12. The predicted octanol–water partition coefficient (Wildman–Crippen LogP) is 14.9. The Labute approximate surface area is 762 Å². The van der Waals surface area contributed by atoms with Crippen molar-refractivity contribution in [2.24, 2.45) is 59.2 Å². The average molecular weight is 1770 g/mol. The molecule has 0 spiro atoms. The first kappa shape index (κ1) is 88.1. The number of aromatic nitrogens is 10. The molecule has 2 aliphatic heterocycles. The number of piperidine rings is 2. The lowest BCUT2D eigenvalue weighted by atomic mass is 10.0. The normalized spacial score (nSPS) is 18.7. The summed E-state index contributed by atoms with van der Waals surface area (Å²) in [5, 5.41) is 26.6. The number of fused-ring (bicyclic) bond motifs is 7. The van der Waals surface area contributed by atoms with Crippen molar-refractivity contribution in [1.29, 1.82) is 0 Å². The first-order valence-electron chi connectivity index (χ1n) is 43.2. The number of anilines is 10. The number of nitrogens with one attached hydrogen (secondary N) is 7. The molecule has 17 N–H and O–H groups in total. The van der Waals surface area contributed by atoms with E-state index in [2.05, 4.69) is 96.7 Å². The number of nitrogens with zero attached hydrogens (tertiary/aromatic N) is 12. The van der Waals surface area contributed by atoms with Gasteiger partial charge in [-0.1, -0.05) is 121 Å². The zero-order valence-electron chi connectivity index (χ0n) is 73.1. The summed E-state index contributed by atoms with van der Waals surface area (Å²) in [5.74, 6) is 2.21. The third kappa shape index (κ3) is 18.9. The number of benzene rings is 5. The highest BCUT2D eigenvalue weighted by Gasteiger charge is 2.63. The van der Waals surface area contributed by atoms with Crippen LogP contribution in [0, 0.1) is 113 Å². The number of rotatable bonds is 16. The van der Waals surface area contributed by atoms with Gasteiger partial charge in [-0.3, -0.25) is 33.6 Å². The summed E-state index contributed by atoms with van der Waals surface area (Å²) in [6, 6.07) is 55.8. The van der Waals surface area contributed by atoms with E-state index in [0.29, 0.717) is 83.7 Å².